The number of alkyl halides is 3. The van der Waals surface area contributed by atoms with E-state index in [1.54, 1.807) is 0 Å². The van der Waals surface area contributed by atoms with Crippen LogP contribution in [0.3, 0.4) is 0 Å². The maximum Gasteiger partial charge on any atom is 0.449 e. The second-order valence-electron chi connectivity index (χ2n) is 2.14. The van der Waals surface area contributed by atoms with Crippen LogP contribution < -0.4 is 0 Å². The lowest BCUT2D eigenvalue weighted by molar-refractivity contribution is -0.153. The van der Waals surface area contributed by atoms with Crippen LogP contribution in [0.1, 0.15) is 16.3 Å². The number of ketones is 1. The largest absolute Gasteiger partial charge is 0.449 e. The van der Waals surface area contributed by atoms with E-state index in [9.17, 15) is 22.8 Å². The van der Waals surface area contributed by atoms with E-state index in [4.69, 9.17) is 0 Å². The van der Waals surface area contributed by atoms with Crippen molar-refractivity contribution in [1.29, 1.82) is 0 Å². The molecule has 0 saturated heterocycles. The summed E-state index contributed by atoms with van der Waals surface area (Å²) in [5.74, 6) is -3.02. The smallest absolute Gasteiger partial charge is 0.448 e. The van der Waals surface area contributed by atoms with Crippen molar-refractivity contribution in [2.45, 2.75) is 6.18 Å². The van der Waals surface area contributed by atoms with E-state index in [2.05, 4.69) is 4.42 Å². The maximum atomic E-state index is 11.9. The molecule has 0 radical (unpaired) electrons. The highest BCUT2D eigenvalue weighted by Crippen LogP contribution is 2.30. The van der Waals surface area contributed by atoms with Crippen molar-refractivity contribution in [3.05, 3.63) is 23.7 Å². The highest BCUT2D eigenvalue weighted by atomic mass is 19.4. The van der Waals surface area contributed by atoms with Crippen LogP contribution in [0.5, 0.6) is 0 Å². The monoisotopic (exact) mass is 192 g/mol. The molecule has 1 aromatic rings. The zero-order valence-corrected chi connectivity index (χ0v) is 6.09. The zero-order valence-electron chi connectivity index (χ0n) is 6.09. The van der Waals surface area contributed by atoms with E-state index < -0.39 is 23.5 Å². The van der Waals surface area contributed by atoms with Crippen LogP contribution in [0.15, 0.2) is 16.5 Å². The van der Waals surface area contributed by atoms with Gasteiger partial charge in [0.2, 0.25) is 5.76 Å². The molecule has 13 heavy (non-hydrogen) atoms. The van der Waals surface area contributed by atoms with Gasteiger partial charge in [0.1, 0.15) is 0 Å². The first kappa shape index (κ1) is 9.50. The highest BCUT2D eigenvalue weighted by Gasteiger charge is 2.35. The van der Waals surface area contributed by atoms with Gasteiger partial charge in [0.15, 0.2) is 12.0 Å². The number of furan rings is 1. The Balaban J connectivity index is 3.00. The van der Waals surface area contributed by atoms with E-state index in [0.717, 1.165) is 6.07 Å². The first-order valence-electron chi connectivity index (χ1n) is 3.11. The molecular weight excluding hydrogens is 189 g/mol. The number of hydrogen-bond acceptors (Lipinski definition) is 3. The fraction of sp³-hybridized carbons (Fsp3) is 0.143. The number of hydrogen-bond donors (Lipinski definition) is 0. The second-order valence-corrected chi connectivity index (χ2v) is 2.14. The minimum Gasteiger partial charge on any atom is -0.448 e. The van der Waals surface area contributed by atoms with Crippen LogP contribution in [0.4, 0.5) is 13.2 Å². The highest BCUT2D eigenvalue weighted by molar-refractivity contribution is 6.32. The van der Waals surface area contributed by atoms with Gasteiger partial charge in [-0.05, 0) is 12.1 Å². The molecule has 0 atom stereocenters. The number of aldehydes is 1. The molecule has 0 aliphatic carbocycles. The summed E-state index contributed by atoms with van der Waals surface area (Å²) >= 11 is 0. The van der Waals surface area contributed by atoms with Crippen molar-refractivity contribution in [3.8, 4) is 0 Å². The number of carbonyl (C=O) groups is 2. The molecule has 1 aromatic heterocycles. The summed E-state index contributed by atoms with van der Waals surface area (Å²) < 4.78 is 39.7. The predicted molar refractivity (Wildman–Crippen MR) is 34.1 cm³/mol. The molecule has 6 heteroatoms. The average Bonchev–Trinajstić information content (AvgIpc) is 2.50. The number of rotatable bonds is 2. The van der Waals surface area contributed by atoms with E-state index in [0.29, 0.717) is 6.07 Å². The van der Waals surface area contributed by atoms with Crippen molar-refractivity contribution < 1.29 is 27.2 Å². The van der Waals surface area contributed by atoms with Crippen LogP contribution in [-0.2, 0) is 11.0 Å². The number of Topliss-reactive ketones (excluding diaryl/α,β-unsaturated/α-hetero) is 1. The zero-order chi connectivity index (χ0) is 10.1. The Morgan fingerprint density at radius 3 is 2.38 bits per heavy atom. The Kier molecular flexibility index (Phi) is 2.22. The molecule has 0 aliphatic rings. The summed E-state index contributed by atoms with van der Waals surface area (Å²) in [6, 6.07) is 1.40. The van der Waals surface area contributed by atoms with Gasteiger partial charge >= 0.3 is 6.18 Å². The van der Waals surface area contributed by atoms with Crippen LogP contribution in [-0.4, -0.2) is 12.1 Å². The van der Waals surface area contributed by atoms with Gasteiger partial charge in [0.05, 0.1) is 0 Å². The third-order valence-electron chi connectivity index (χ3n) is 1.24. The lowest BCUT2D eigenvalue weighted by atomic mass is 10.3. The molecule has 0 aromatic carbocycles. The van der Waals surface area contributed by atoms with Crippen molar-refractivity contribution in [3.63, 3.8) is 0 Å². The van der Waals surface area contributed by atoms with E-state index >= 15 is 0 Å². The third kappa shape index (κ3) is 1.95. The molecule has 3 nitrogen and oxygen atoms in total. The molecular formula is C7H3F3O3. The van der Waals surface area contributed by atoms with E-state index in [1.807, 2.05) is 0 Å². The molecule has 0 saturated carbocycles. The Bertz CT molecular complexity index is 337. The van der Waals surface area contributed by atoms with Crippen molar-refractivity contribution in [1.82, 2.24) is 0 Å². The quantitative estimate of drug-likeness (QED) is 0.407. The first-order chi connectivity index (χ1) is 5.95. The molecule has 0 amide bonds. The topological polar surface area (TPSA) is 47.3 Å². The second kappa shape index (κ2) is 3.04. The van der Waals surface area contributed by atoms with Gasteiger partial charge in [-0.15, -0.1) is 0 Å². The first-order valence-corrected chi connectivity index (χ1v) is 3.11. The van der Waals surface area contributed by atoms with Gasteiger partial charge in [-0.2, -0.15) is 13.2 Å². The molecule has 70 valence electrons. The van der Waals surface area contributed by atoms with E-state index in [1.165, 1.54) is 0 Å². The van der Waals surface area contributed by atoms with Crippen molar-refractivity contribution in [2.75, 3.05) is 0 Å². The summed E-state index contributed by atoms with van der Waals surface area (Å²) in [5.41, 5.74) is 0. The summed E-state index contributed by atoms with van der Waals surface area (Å²) in [5, 5.41) is 0. The minimum absolute atomic E-state index is 0.112. The Morgan fingerprint density at radius 2 is 2.00 bits per heavy atom. The fourth-order valence-electron chi connectivity index (χ4n) is 0.681. The van der Waals surface area contributed by atoms with Crippen LogP contribution in [0, 0.1) is 0 Å². The molecule has 0 aliphatic heterocycles. The van der Waals surface area contributed by atoms with Gasteiger partial charge in [-0.3, -0.25) is 9.59 Å². The van der Waals surface area contributed by atoms with Gasteiger partial charge in [-0.25, -0.2) is 0 Å². The Morgan fingerprint density at radius 1 is 1.38 bits per heavy atom. The van der Waals surface area contributed by atoms with Gasteiger partial charge < -0.3 is 4.42 Å². The molecule has 0 unspecified atom stereocenters. The predicted octanol–water partition coefficient (Wildman–Crippen LogP) is 1.68. The van der Waals surface area contributed by atoms with Gasteiger partial charge in [-0.1, -0.05) is 0 Å². The standard InChI is InChI=1S/C7H3F3O3/c8-7(9,10)6-2-1-5(13-6)4(12)3-11/h1-3H. The molecule has 0 fully saturated rings. The summed E-state index contributed by atoms with van der Waals surface area (Å²) in [6.07, 6.45) is -4.75. The van der Waals surface area contributed by atoms with Crippen LogP contribution in [0.25, 0.3) is 0 Å². The van der Waals surface area contributed by atoms with Gasteiger partial charge in [0.25, 0.3) is 5.78 Å². The number of carbonyl (C=O) groups excluding carboxylic acids is 2. The SMILES string of the molecule is O=CC(=O)c1ccc(C(F)(F)F)o1. The summed E-state index contributed by atoms with van der Waals surface area (Å²) in [6.45, 7) is 0. The van der Waals surface area contributed by atoms with Gasteiger partial charge in [0, 0.05) is 0 Å². The maximum absolute atomic E-state index is 11.9. The minimum atomic E-state index is -4.64. The number of halogens is 3. The van der Waals surface area contributed by atoms with Crippen molar-refractivity contribution in [2.24, 2.45) is 0 Å². The average molecular weight is 192 g/mol. The lowest BCUT2D eigenvalue weighted by Crippen LogP contribution is -2.03. The molecule has 0 spiro atoms. The van der Waals surface area contributed by atoms with Crippen LogP contribution >= 0.6 is 0 Å². The normalized spacial score (nSPS) is 11.3. The molecule has 1 rings (SSSR count). The molecule has 1 heterocycles. The third-order valence-corrected chi connectivity index (χ3v) is 1.24. The lowest BCUT2D eigenvalue weighted by Gasteiger charge is -1.99. The fourth-order valence-corrected chi connectivity index (χ4v) is 0.681. The molecule has 0 N–H and O–H groups in total. The van der Waals surface area contributed by atoms with Crippen molar-refractivity contribution >= 4 is 12.1 Å². The Hall–Kier alpha value is -1.59. The summed E-state index contributed by atoms with van der Waals surface area (Å²) in [4.78, 5) is 20.4. The Labute approximate surface area is 70.1 Å². The van der Waals surface area contributed by atoms with E-state index in [-0.39, 0.29) is 6.29 Å². The summed E-state index contributed by atoms with van der Waals surface area (Å²) in [7, 11) is 0. The van der Waals surface area contributed by atoms with Crippen LogP contribution in [0.2, 0.25) is 0 Å². The molecule has 0 bridgehead atoms.